The number of benzene rings is 2. The van der Waals surface area contributed by atoms with Crippen LogP contribution in [0.25, 0.3) is 0 Å². The molecular weight excluding hydrogens is 302 g/mol. The van der Waals surface area contributed by atoms with Crippen molar-refractivity contribution in [2.24, 2.45) is 0 Å². The molecule has 0 aliphatic rings. The van der Waals surface area contributed by atoms with Crippen molar-refractivity contribution in [3.05, 3.63) is 58.1 Å². The lowest BCUT2D eigenvalue weighted by Gasteiger charge is -2.11. The quantitative estimate of drug-likeness (QED) is 0.443. The van der Waals surface area contributed by atoms with Gasteiger partial charge >= 0.3 is 0 Å². The normalized spacial score (nSPS) is 10.0. The molecule has 0 saturated heterocycles. The highest BCUT2D eigenvalue weighted by Crippen LogP contribution is 2.31. The fourth-order valence-corrected chi connectivity index (χ4v) is 1.99. The van der Waals surface area contributed by atoms with Crippen LogP contribution in [0.15, 0.2) is 42.5 Å². The first-order chi connectivity index (χ1) is 11.1. The van der Waals surface area contributed by atoms with Crippen LogP contribution in [0.3, 0.4) is 0 Å². The highest BCUT2D eigenvalue weighted by Gasteiger charge is 2.16. The minimum absolute atomic E-state index is 0.130. The summed E-state index contributed by atoms with van der Waals surface area (Å²) in [6, 6.07) is 10.7. The van der Waals surface area contributed by atoms with Gasteiger partial charge in [-0.3, -0.25) is 14.9 Å². The Kier molecular flexibility index (Phi) is 5.14. The van der Waals surface area contributed by atoms with Crippen molar-refractivity contribution in [3.8, 4) is 17.2 Å². The van der Waals surface area contributed by atoms with E-state index in [-0.39, 0.29) is 23.8 Å². The minimum atomic E-state index is -0.547. The molecule has 2 rings (SSSR count). The number of carbonyl (C=O) groups excluding carboxylic acids is 1. The van der Waals surface area contributed by atoms with Crippen LogP contribution in [0.2, 0.25) is 0 Å². The van der Waals surface area contributed by atoms with E-state index in [2.05, 4.69) is 0 Å². The molecule has 0 aliphatic heterocycles. The van der Waals surface area contributed by atoms with Crippen molar-refractivity contribution in [2.75, 3.05) is 20.8 Å². The van der Waals surface area contributed by atoms with E-state index in [1.54, 1.807) is 24.3 Å². The fourth-order valence-electron chi connectivity index (χ4n) is 1.99. The second-order valence-corrected chi connectivity index (χ2v) is 4.50. The van der Waals surface area contributed by atoms with Gasteiger partial charge in [-0.1, -0.05) is 12.1 Å². The van der Waals surface area contributed by atoms with Gasteiger partial charge < -0.3 is 14.2 Å². The molecule has 7 nitrogen and oxygen atoms in total. The van der Waals surface area contributed by atoms with Crippen LogP contribution in [0.1, 0.15) is 10.4 Å². The number of hydrogen-bond acceptors (Lipinski definition) is 6. The van der Waals surface area contributed by atoms with Gasteiger partial charge in [-0.25, -0.2) is 0 Å². The third-order valence-corrected chi connectivity index (χ3v) is 3.12. The van der Waals surface area contributed by atoms with Crippen molar-refractivity contribution in [2.45, 2.75) is 0 Å². The summed E-state index contributed by atoms with van der Waals surface area (Å²) in [6.45, 7) is -0.294. The third kappa shape index (κ3) is 3.76. The Morgan fingerprint density at radius 1 is 1.04 bits per heavy atom. The number of methoxy groups -OCH3 is 2. The lowest BCUT2D eigenvalue weighted by Crippen LogP contribution is -2.13. The van der Waals surface area contributed by atoms with Crippen molar-refractivity contribution < 1.29 is 23.9 Å². The Balaban J connectivity index is 2.18. The number of rotatable bonds is 7. The van der Waals surface area contributed by atoms with Gasteiger partial charge in [0.25, 0.3) is 5.69 Å². The first-order valence-corrected chi connectivity index (χ1v) is 6.68. The number of Topliss-reactive ketones (excluding diaryl/α,β-unsaturated/α-hetero) is 1. The van der Waals surface area contributed by atoms with Gasteiger partial charge in [-0.2, -0.15) is 0 Å². The zero-order valence-corrected chi connectivity index (χ0v) is 12.6. The molecule has 2 aromatic rings. The van der Waals surface area contributed by atoms with E-state index < -0.39 is 4.92 Å². The molecule has 0 saturated carbocycles. The molecule has 23 heavy (non-hydrogen) atoms. The van der Waals surface area contributed by atoms with E-state index >= 15 is 0 Å². The molecule has 0 atom stereocenters. The summed E-state index contributed by atoms with van der Waals surface area (Å²) >= 11 is 0. The predicted molar refractivity (Wildman–Crippen MR) is 82.5 cm³/mol. The number of hydrogen-bond donors (Lipinski definition) is 0. The molecule has 0 aliphatic carbocycles. The van der Waals surface area contributed by atoms with Crippen LogP contribution in [0, 0.1) is 10.1 Å². The number of non-ortho nitro benzene ring substituents is 1. The summed E-state index contributed by atoms with van der Waals surface area (Å²) in [5, 5.41) is 10.8. The number of ketones is 1. The number of nitro benzene ring substituents is 1. The first-order valence-electron chi connectivity index (χ1n) is 6.68. The van der Waals surface area contributed by atoms with Crippen molar-refractivity contribution in [1.29, 1.82) is 0 Å². The van der Waals surface area contributed by atoms with Crippen LogP contribution in [0.4, 0.5) is 5.69 Å². The van der Waals surface area contributed by atoms with Gasteiger partial charge in [-0.05, 0) is 18.2 Å². The molecular formula is C16H15NO6. The standard InChI is InChI=1S/C16H15NO6/c1-21-14-6-4-3-5-12(14)13(18)10-23-16-9-11(17(19)20)7-8-15(16)22-2/h3-9H,10H2,1-2H3. The predicted octanol–water partition coefficient (Wildman–Crippen LogP) is 2.87. The van der Waals surface area contributed by atoms with Gasteiger partial charge in [0.15, 0.2) is 18.1 Å². The topological polar surface area (TPSA) is 87.9 Å². The first kappa shape index (κ1) is 16.3. The molecule has 0 aromatic heterocycles. The summed E-state index contributed by atoms with van der Waals surface area (Å²) in [7, 11) is 2.88. The van der Waals surface area contributed by atoms with Crippen LogP contribution >= 0.6 is 0 Å². The summed E-state index contributed by atoms with van der Waals surface area (Å²) in [5.41, 5.74) is 0.227. The van der Waals surface area contributed by atoms with Crippen LogP contribution in [-0.2, 0) is 0 Å². The van der Waals surface area contributed by atoms with Gasteiger partial charge in [0.05, 0.1) is 30.8 Å². The largest absolute Gasteiger partial charge is 0.496 e. The van der Waals surface area contributed by atoms with Crippen molar-refractivity contribution in [3.63, 3.8) is 0 Å². The molecule has 0 bridgehead atoms. The molecule has 0 unspecified atom stereocenters. The van der Waals surface area contributed by atoms with Crippen molar-refractivity contribution in [1.82, 2.24) is 0 Å². The minimum Gasteiger partial charge on any atom is -0.496 e. The average molecular weight is 317 g/mol. The van der Waals surface area contributed by atoms with E-state index in [1.165, 1.54) is 32.4 Å². The maximum Gasteiger partial charge on any atom is 0.273 e. The third-order valence-electron chi connectivity index (χ3n) is 3.12. The second kappa shape index (κ2) is 7.26. The Hall–Kier alpha value is -3.09. The highest BCUT2D eigenvalue weighted by molar-refractivity contribution is 5.99. The number of carbonyl (C=O) groups is 1. The zero-order chi connectivity index (χ0) is 16.8. The molecule has 0 spiro atoms. The van der Waals surface area contributed by atoms with Gasteiger partial charge in [0.2, 0.25) is 5.78 Å². The van der Waals surface area contributed by atoms with Crippen LogP contribution in [-0.4, -0.2) is 31.5 Å². The number of nitro groups is 1. The maximum atomic E-state index is 12.2. The summed E-state index contributed by atoms with van der Waals surface area (Å²) in [4.78, 5) is 22.5. The maximum absolute atomic E-state index is 12.2. The van der Waals surface area contributed by atoms with Gasteiger partial charge in [-0.15, -0.1) is 0 Å². The Morgan fingerprint density at radius 2 is 1.74 bits per heavy atom. The summed E-state index contributed by atoms with van der Waals surface area (Å²) in [6.07, 6.45) is 0. The number of ether oxygens (including phenoxy) is 3. The highest BCUT2D eigenvalue weighted by atomic mass is 16.6. The van der Waals surface area contributed by atoms with E-state index in [9.17, 15) is 14.9 Å². The summed E-state index contributed by atoms with van der Waals surface area (Å²) < 4.78 is 15.6. The van der Waals surface area contributed by atoms with E-state index in [1.807, 2.05) is 0 Å². The smallest absolute Gasteiger partial charge is 0.273 e. The molecule has 2 aromatic carbocycles. The SMILES string of the molecule is COc1ccc([N+](=O)[O-])cc1OCC(=O)c1ccccc1OC. The molecule has 0 heterocycles. The van der Waals surface area contributed by atoms with Crippen LogP contribution in [0.5, 0.6) is 17.2 Å². The van der Waals surface area contributed by atoms with E-state index in [4.69, 9.17) is 14.2 Å². The summed E-state index contributed by atoms with van der Waals surface area (Å²) in [5.74, 6) is 0.566. The second-order valence-electron chi connectivity index (χ2n) is 4.50. The Labute approximate surface area is 132 Å². The zero-order valence-electron chi connectivity index (χ0n) is 12.6. The van der Waals surface area contributed by atoms with E-state index in [0.29, 0.717) is 17.1 Å². The monoisotopic (exact) mass is 317 g/mol. The molecule has 0 fully saturated rings. The van der Waals surface area contributed by atoms with Crippen LogP contribution < -0.4 is 14.2 Å². The van der Waals surface area contributed by atoms with Gasteiger partial charge in [0.1, 0.15) is 5.75 Å². The lowest BCUT2D eigenvalue weighted by atomic mass is 10.1. The van der Waals surface area contributed by atoms with E-state index in [0.717, 1.165) is 0 Å². The molecule has 0 amide bonds. The fraction of sp³-hybridized carbons (Fsp3) is 0.188. The lowest BCUT2D eigenvalue weighted by molar-refractivity contribution is -0.385. The molecule has 7 heteroatoms. The molecule has 0 N–H and O–H groups in total. The number of nitrogens with zero attached hydrogens (tertiary/aromatic N) is 1. The average Bonchev–Trinajstić information content (AvgIpc) is 2.59. The molecule has 0 radical (unpaired) electrons. The molecule has 120 valence electrons. The Bertz CT molecular complexity index is 728. The van der Waals surface area contributed by atoms with Gasteiger partial charge in [0, 0.05) is 6.07 Å². The Morgan fingerprint density at radius 3 is 2.39 bits per heavy atom. The number of para-hydroxylation sites is 1. The van der Waals surface area contributed by atoms with Crippen molar-refractivity contribution >= 4 is 11.5 Å².